The largest absolute Gasteiger partial charge is 0.773 e. The highest BCUT2D eigenvalue weighted by molar-refractivity contribution is 7.78. The minimum atomic E-state index is -4.55. The van der Waals surface area contributed by atoms with Gasteiger partial charge in [-0.15, -0.1) is 0 Å². The monoisotopic (exact) mass is 378 g/mol. The number of oxazole rings is 1. The van der Waals surface area contributed by atoms with Gasteiger partial charge in [0.15, 0.2) is 5.69 Å². The molecule has 1 amide bonds. The van der Waals surface area contributed by atoms with E-state index in [9.17, 15) is 18.0 Å². The van der Waals surface area contributed by atoms with Crippen molar-refractivity contribution in [1.82, 2.24) is 4.98 Å². The summed E-state index contributed by atoms with van der Waals surface area (Å²) in [6.07, 6.45) is -2.93. The molecule has 0 saturated carbocycles. The summed E-state index contributed by atoms with van der Waals surface area (Å²) in [5, 5.41) is 2.60. The van der Waals surface area contributed by atoms with Gasteiger partial charge in [-0.1, -0.05) is 23.2 Å². The quantitative estimate of drug-likeness (QED) is 0.789. The molecule has 0 aliphatic carbocycles. The van der Waals surface area contributed by atoms with Crippen LogP contribution in [0.4, 0.5) is 24.9 Å². The average molecular weight is 378 g/mol. The van der Waals surface area contributed by atoms with Gasteiger partial charge in [0.2, 0.25) is 5.91 Å². The molecule has 25 heavy (non-hydrogen) atoms. The summed E-state index contributed by atoms with van der Waals surface area (Å²) in [6.45, 7) is 1.66. The average Bonchev–Trinajstić information content (AvgIpc) is 2.95. The van der Waals surface area contributed by atoms with Crippen LogP contribution in [-0.4, -0.2) is 25.9 Å². The topological polar surface area (TPSA) is 121 Å². The van der Waals surface area contributed by atoms with Crippen LogP contribution >= 0.6 is 0 Å². The van der Waals surface area contributed by atoms with E-state index >= 15 is 0 Å². The first-order chi connectivity index (χ1) is 11.5. The number of hydrogen-bond acceptors (Lipinski definition) is 6. The van der Waals surface area contributed by atoms with Crippen molar-refractivity contribution in [1.29, 1.82) is 0 Å². The molecule has 11 heteroatoms. The van der Waals surface area contributed by atoms with E-state index in [1.54, 1.807) is 31.2 Å². The van der Waals surface area contributed by atoms with Gasteiger partial charge in [-0.25, -0.2) is 0 Å². The highest BCUT2D eigenvalue weighted by atomic mass is 32.2. The van der Waals surface area contributed by atoms with Crippen LogP contribution in [0, 0.1) is 0 Å². The number of carbonyl (C=O) groups is 1. The molecular formula is C14H15F3N3O4S-. The van der Waals surface area contributed by atoms with Crippen LogP contribution < -0.4 is 11.1 Å². The fourth-order valence-corrected chi connectivity index (χ4v) is 1.60. The van der Waals surface area contributed by atoms with Crippen molar-refractivity contribution in [3.8, 4) is 0 Å². The Labute approximate surface area is 143 Å². The Hall–Kier alpha value is -2.40. The Kier molecular flexibility index (Phi) is 7.12. The predicted octanol–water partition coefficient (Wildman–Crippen LogP) is 2.52. The number of anilines is 2. The molecule has 0 spiro atoms. The van der Waals surface area contributed by atoms with E-state index in [-0.39, 0.29) is 6.01 Å². The maximum atomic E-state index is 12.4. The summed E-state index contributed by atoms with van der Waals surface area (Å²) in [7, 11) is 0. The zero-order valence-corrected chi connectivity index (χ0v) is 14.0. The van der Waals surface area contributed by atoms with Crippen LogP contribution in [0.2, 0.25) is 0 Å². The summed E-state index contributed by atoms with van der Waals surface area (Å²) in [4.78, 5) is 14.3. The molecule has 3 N–H and O–H groups in total. The van der Waals surface area contributed by atoms with Crippen LogP contribution in [0.15, 0.2) is 34.9 Å². The third-order valence-corrected chi connectivity index (χ3v) is 2.88. The molecule has 7 nitrogen and oxygen atoms in total. The van der Waals surface area contributed by atoms with Gasteiger partial charge in [0, 0.05) is 5.69 Å². The third-order valence-electron chi connectivity index (χ3n) is 2.88. The van der Waals surface area contributed by atoms with E-state index < -0.39 is 34.8 Å². The highest BCUT2D eigenvalue weighted by Crippen LogP contribution is 2.30. The van der Waals surface area contributed by atoms with Crippen LogP contribution in [0.3, 0.4) is 0 Å². The summed E-state index contributed by atoms with van der Waals surface area (Å²) in [5.74, 6) is -0.907. The fraction of sp³-hybridized carbons (Fsp3) is 0.286. The zero-order valence-electron chi connectivity index (χ0n) is 13.2. The second-order valence-electron chi connectivity index (χ2n) is 4.81. The second-order valence-corrected chi connectivity index (χ2v) is 5.61. The number of rotatable bonds is 4. The molecule has 1 heterocycles. The third kappa shape index (κ3) is 6.93. The van der Waals surface area contributed by atoms with Gasteiger partial charge >= 0.3 is 6.18 Å². The lowest BCUT2D eigenvalue weighted by atomic mass is 10.0. The van der Waals surface area contributed by atoms with Crippen LogP contribution in [0.5, 0.6) is 0 Å². The predicted molar refractivity (Wildman–Crippen MR) is 83.7 cm³/mol. The molecule has 0 bridgehead atoms. The molecule has 1 aromatic carbocycles. The van der Waals surface area contributed by atoms with Crippen molar-refractivity contribution in [2.75, 3.05) is 11.6 Å². The van der Waals surface area contributed by atoms with Crippen molar-refractivity contribution in [2.45, 2.75) is 19.0 Å². The fourth-order valence-electron chi connectivity index (χ4n) is 1.60. The number of hydrogen-bond donors (Lipinski definition) is 2. The first-order valence-electron chi connectivity index (χ1n) is 6.70. The van der Waals surface area contributed by atoms with E-state index in [1.807, 2.05) is 0 Å². The Balaban J connectivity index is 0.000000705. The van der Waals surface area contributed by atoms with Crippen molar-refractivity contribution >= 4 is 28.7 Å². The molecule has 2 atom stereocenters. The number of nitrogens with two attached hydrogens (primary N) is 1. The lowest BCUT2D eigenvalue weighted by Crippen LogP contribution is -2.18. The van der Waals surface area contributed by atoms with Gasteiger partial charge < -0.3 is 20.0 Å². The first kappa shape index (κ1) is 20.6. The Morgan fingerprint density at radius 3 is 2.28 bits per heavy atom. The van der Waals surface area contributed by atoms with Crippen LogP contribution in [-0.2, 0) is 22.1 Å². The van der Waals surface area contributed by atoms with Gasteiger partial charge in [0.1, 0.15) is 6.26 Å². The van der Waals surface area contributed by atoms with E-state index in [2.05, 4.69) is 10.3 Å². The summed E-state index contributed by atoms with van der Waals surface area (Å²) < 4.78 is 59.8. The number of primary amides is 1. The van der Waals surface area contributed by atoms with Crippen molar-refractivity contribution < 1.29 is 31.1 Å². The molecule has 138 valence electrons. The van der Waals surface area contributed by atoms with E-state index in [1.165, 1.54) is 0 Å². The van der Waals surface area contributed by atoms with Gasteiger partial charge in [-0.3, -0.25) is 9.00 Å². The maximum Gasteiger partial charge on any atom is 0.436 e. The van der Waals surface area contributed by atoms with E-state index in [4.69, 9.17) is 18.9 Å². The van der Waals surface area contributed by atoms with Gasteiger partial charge in [-0.05, 0) is 30.9 Å². The summed E-state index contributed by atoms with van der Waals surface area (Å²) in [6, 6.07) is 6.20. The number of halogens is 3. The molecule has 2 rings (SSSR count). The molecule has 1 unspecified atom stereocenters. The van der Waals surface area contributed by atoms with E-state index in [0.29, 0.717) is 17.5 Å². The molecule has 0 aliphatic heterocycles. The Morgan fingerprint density at radius 1 is 1.36 bits per heavy atom. The molecule has 0 aliphatic rings. The normalized spacial score (nSPS) is 13.4. The molecule has 1 aromatic heterocycles. The van der Waals surface area contributed by atoms with Gasteiger partial charge in [-0.2, -0.15) is 18.2 Å². The van der Waals surface area contributed by atoms with Crippen molar-refractivity contribution in [3.05, 3.63) is 41.8 Å². The molecule has 2 aromatic rings. The summed E-state index contributed by atoms with van der Waals surface area (Å²) >= 11 is -1.86. The number of nitrogens with zero attached hydrogens (tertiary/aromatic N) is 1. The minimum Gasteiger partial charge on any atom is -0.773 e. The SMILES string of the molecule is CS(=O)[O-].C[C@H](C(N)=O)c1ccc(Nc2nc(C(F)(F)F)co2)cc1. The Bertz CT molecular complexity index is 728. The smallest absolute Gasteiger partial charge is 0.436 e. The number of amides is 1. The summed E-state index contributed by atoms with van der Waals surface area (Å²) in [5.41, 5.74) is 5.26. The van der Waals surface area contributed by atoms with Gasteiger partial charge in [0.25, 0.3) is 6.01 Å². The van der Waals surface area contributed by atoms with Crippen molar-refractivity contribution in [2.24, 2.45) is 5.73 Å². The number of nitrogens with one attached hydrogen (secondary N) is 1. The zero-order chi connectivity index (χ0) is 19.2. The number of alkyl halides is 3. The van der Waals surface area contributed by atoms with Crippen LogP contribution in [0.25, 0.3) is 0 Å². The van der Waals surface area contributed by atoms with Gasteiger partial charge in [0.05, 0.1) is 5.92 Å². The molecular weight excluding hydrogens is 363 g/mol. The van der Waals surface area contributed by atoms with E-state index in [0.717, 1.165) is 6.26 Å². The number of aromatic nitrogens is 1. The molecule has 0 fully saturated rings. The molecule has 0 radical (unpaired) electrons. The van der Waals surface area contributed by atoms with Crippen molar-refractivity contribution in [3.63, 3.8) is 0 Å². The maximum absolute atomic E-state index is 12.4. The molecule has 0 saturated heterocycles. The lowest BCUT2D eigenvalue weighted by Gasteiger charge is -2.08. The minimum absolute atomic E-state index is 0.266. The Morgan fingerprint density at radius 2 is 1.88 bits per heavy atom. The second kappa shape index (κ2) is 8.62. The first-order valence-corrected chi connectivity index (χ1v) is 8.19. The number of benzene rings is 1. The van der Waals surface area contributed by atoms with Crippen LogP contribution in [0.1, 0.15) is 24.1 Å². The standard InChI is InChI=1S/C13H12F3N3O2.CH4O2S/c1-7(11(17)20)8-2-4-9(5-3-8)18-12-19-10(6-21-12)13(14,15)16;1-4(2)3/h2-7H,1H3,(H2,17,20)(H,18,19);1H3,(H,2,3)/p-1/t7-;/m0./s1. The number of carbonyl (C=O) groups excluding carboxylic acids is 1. The highest BCUT2D eigenvalue weighted by Gasteiger charge is 2.34. The lowest BCUT2D eigenvalue weighted by molar-refractivity contribution is -0.141.